The molecule has 1 unspecified atom stereocenters. The van der Waals surface area contributed by atoms with Crippen molar-refractivity contribution in [2.24, 2.45) is 5.92 Å². The van der Waals surface area contributed by atoms with Gasteiger partial charge < -0.3 is 0 Å². The Bertz CT molecular complexity index is 588. The van der Waals surface area contributed by atoms with Crippen LogP contribution in [0.15, 0.2) is 42.5 Å². The number of hydrogen-bond donors (Lipinski definition) is 1. The summed E-state index contributed by atoms with van der Waals surface area (Å²) < 4.78 is 0. The third-order valence-electron chi connectivity index (χ3n) is 3.57. The zero-order valence-corrected chi connectivity index (χ0v) is 10.3. The molecule has 1 aliphatic rings. The number of hydrogen-bond acceptors (Lipinski definition) is 2. The Balaban J connectivity index is 1.93. The molecule has 1 aliphatic carbocycles. The standard InChI is InChI=1S/C16H16N2/c17-10-16(18-11-12-8-9-12)15-7-3-5-13-4-1-2-6-14(13)15/h1-7,12,16,18H,8-9,11H2. The Kier molecular flexibility index (Phi) is 3.00. The molecule has 2 aromatic rings. The molecule has 2 heteroatoms. The Morgan fingerprint density at radius 1 is 1.17 bits per heavy atom. The summed E-state index contributed by atoms with van der Waals surface area (Å²) in [5.74, 6) is 0.788. The molecule has 1 fully saturated rings. The van der Waals surface area contributed by atoms with E-state index in [2.05, 4.69) is 35.7 Å². The second-order valence-electron chi connectivity index (χ2n) is 4.98. The first-order chi connectivity index (χ1) is 8.88. The molecule has 0 bridgehead atoms. The lowest BCUT2D eigenvalue weighted by atomic mass is 9.99. The van der Waals surface area contributed by atoms with Crippen LogP contribution < -0.4 is 5.32 Å². The maximum absolute atomic E-state index is 9.36. The fourth-order valence-electron chi connectivity index (χ4n) is 2.33. The highest BCUT2D eigenvalue weighted by Gasteiger charge is 2.23. The Morgan fingerprint density at radius 3 is 2.72 bits per heavy atom. The van der Waals surface area contributed by atoms with Gasteiger partial charge in [0.25, 0.3) is 0 Å². The van der Waals surface area contributed by atoms with Gasteiger partial charge in [0.1, 0.15) is 6.04 Å². The maximum atomic E-state index is 9.36. The summed E-state index contributed by atoms with van der Waals surface area (Å²) in [5.41, 5.74) is 1.09. The van der Waals surface area contributed by atoms with Crippen molar-refractivity contribution in [2.75, 3.05) is 6.54 Å². The normalized spacial score (nSPS) is 16.4. The van der Waals surface area contributed by atoms with Gasteiger partial charge in [-0.2, -0.15) is 5.26 Å². The maximum Gasteiger partial charge on any atom is 0.121 e. The van der Waals surface area contributed by atoms with Gasteiger partial charge in [0.2, 0.25) is 0 Å². The van der Waals surface area contributed by atoms with E-state index < -0.39 is 0 Å². The zero-order valence-electron chi connectivity index (χ0n) is 10.3. The number of nitrogens with one attached hydrogen (secondary N) is 1. The minimum atomic E-state index is -0.198. The van der Waals surface area contributed by atoms with E-state index >= 15 is 0 Å². The molecule has 1 saturated carbocycles. The Labute approximate surface area is 107 Å². The summed E-state index contributed by atoms with van der Waals surface area (Å²) in [7, 11) is 0. The first-order valence-corrected chi connectivity index (χ1v) is 6.49. The highest BCUT2D eigenvalue weighted by Crippen LogP contribution is 2.29. The SMILES string of the molecule is N#CC(NCC1CC1)c1cccc2ccccc12. The van der Waals surface area contributed by atoms with E-state index in [0.717, 1.165) is 18.0 Å². The van der Waals surface area contributed by atoms with Crippen molar-refractivity contribution in [3.05, 3.63) is 48.0 Å². The smallest absolute Gasteiger partial charge is 0.121 e. The highest BCUT2D eigenvalue weighted by molar-refractivity contribution is 5.86. The molecule has 0 amide bonds. The number of fused-ring (bicyclic) bond motifs is 1. The van der Waals surface area contributed by atoms with E-state index in [9.17, 15) is 5.26 Å². The molecule has 0 spiro atoms. The van der Waals surface area contributed by atoms with Gasteiger partial charge in [0.05, 0.1) is 6.07 Å². The second kappa shape index (κ2) is 4.80. The van der Waals surface area contributed by atoms with Gasteiger partial charge in [-0.3, -0.25) is 5.32 Å². The van der Waals surface area contributed by atoms with Gasteiger partial charge in [0.15, 0.2) is 0 Å². The van der Waals surface area contributed by atoms with Crippen molar-refractivity contribution in [3.63, 3.8) is 0 Å². The number of rotatable bonds is 4. The third kappa shape index (κ3) is 2.23. The summed E-state index contributed by atoms with van der Waals surface area (Å²) in [5, 5.41) is 15.1. The molecule has 1 N–H and O–H groups in total. The topological polar surface area (TPSA) is 35.8 Å². The first kappa shape index (κ1) is 11.3. The molecule has 18 heavy (non-hydrogen) atoms. The second-order valence-corrected chi connectivity index (χ2v) is 4.98. The Hall–Kier alpha value is -1.85. The fraction of sp³-hybridized carbons (Fsp3) is 0.312. The van der Waals surface area contributed by atoms with Gasteiger partial charge in [-0.15, -0.1) is 0 Å². The molecule has 3 rings (SSSR count). The van der Waals surface area contributed by atoms with E-state index in [1.54, 1.807) is 0 Å². The van der Waals surface area contributed by atoms with Crippen LogP contribution in [0.5, 0.6) is 0 Å². The molecule has 0 heterocycles. The van der Waals surface area contributed by atoms with Crippen LogP contribution in [0.25, 0.3) is 10.8 Å². The number of nitrogens with zero attached hydrogens (tertiary/aromatic N) is 1. The lowest BCUT2D eigenvalue weighted by Gasteiger charge is -2.14. The van der Waals surface area contributed by atoms with Crippen molar-refractivity contribution in [1.82, 2.24) is 5.32 Å². The van der Waals surface area contributed by atoms with Crippen LogP contribution in [0.4, 0.5) is 0 Å². The first-order valence-electron chi connectivity index (χ1n) is 6.49. The van der Waals surface area contributed by atoms with E-state index in [0.29, 0.717) is 0 Å². The number of nitriles is 1. The van der Waals surface area contributed by atoms with Crippen molar-refractivity contribution in [3.8, 4) is 6.07 Å². The van der Waals surface area contributed by atoms with Crippen molar-refractivity contribution < 1.29 is 0 Å². The van der Waals surface area contributed by atoms with Gasteiger partial charge in [-0.05, 0) is 41.6 Å². The minimum Gasteiger partial charge on any atom is -0.298 e. The van der Waals surface area contributed by atoms with Crippen LogP contribution in [0.3, 0.4) is 0 Å². The zero-order chi connectivity index (χ0) is 12.4. The van der Waals surface area contributed by atoms with E-state index in [1.807, 2.05) is 18.2 Å². The molecule has 0 saturated heterocycles. The van der Waals surface area contributed by atoms with Gasteiger partial charge in [-0.25, -0.2) is 0 Å². The molecule has 0 aliphatic heterocycles. The van der Waals surface area contributed by atoms with E-state index in [1.165, 1.54) is 23.6 Å². The van der Waals surface area contributed by atoms with Crippen molar-refractivity contribution in [2.45, 2.75) is 18.9 Å². The Morgan fingerprint density at radius 2 is 1.94 bits per heavy atom. The molecular weight excluding hydrogens is 220 g/mol. The molecule has 2 nitrogen and oxygen atoms in total. The van der Waals surface area contributed by atoms with Crippen LogP contribution in [0.2, 0.25) is 0 Å². The van der Waals surface area contributed by atoms with Crippen LogP contribution in [-0.4, -0.2) is 6.54 Å². The molecular formula is C16H16N2. The lowest BCUT2D eigenvalue weighted by Crippen LogP contribution is -2.22. The molecule has 90 valence electrons. The van der Waals surface area contributed by atoms with E-state index in [-0.39, 0.29) is 6.04 Å². The van der Waals surface area contributed by atoms with E-state index in [4.69, 9.17) is 0 Å². The molecule has 0 aromatic heterocycles. The van der Waals surface area contributed by atoms with Crippen molar-refractivity contribution >= 4 is 10.8 Å². The van der Waals surface area contributed by atoms with Crippen molar-refractivity contribution in [1.29, 1.82) is 5.26 Å². The number of benzene rings is 2. The summed E-state index contributed by atoms with van der Waals surface area (Å²) in [6.07, 6.45) is 2.61. The lowest BCUT2D eigenvalue weighted by molar-refractivity contribution is 0.595. The molecule has 1 atom stereocenters. The molecule has 2 aromatic carbocycles. The summed E-state index contributed by atoms with van der Waals surface area (Å²) in [6.45, 7) is 0.960. The summed E-state index contributed by atoms with van der Waals surface area (Å²) in [4.78, 5) is 0. The quantitative estimate of drug-likeness (QED) is 0.883. The monoisotopic (exact) mass is 236 g/mol. The fourth-order valence-corrected chi connectivity index (χ4v) is 2.33. The summed E-state index contributed by atoms with van der Waals surface area (Å²) >= 11 is 0. The third-order valence-corrected chi connectivity index (χ3v) is 3.57. The minimum absolute atomic E-state index is 0.198. The van der Waals surface area contributed by atoms with Crippen LogP contribution in [0.1, 0.15) is 24.4 Å². The van der Waals surface area contributed by atoms with Gasteiger partial charge in [-0.1, -0.05) is 42.5 Å². The molecule has 0 radical (unpaired) electrons. The average molecular weight is 236 g/mol. The van der Waals surface area contributed by atoms with Gasteiger partial charge in [0, 0.05) is 0 Å². The summed E-state index contributed by atoms with van der Waals surface area (Å²) in [6, 6.07) is 16.6. The average Bonchev–Trinajstić information content (AvgIpc) is 3.24. The predicted octanol–water partition coefficient (Wildman–Crippen LogP) is 3.40. The largest absolute Gasteiger partial charge is 0.298 e. The van der Waals surface area contributed by atoms with Gasteiger partial charge >= 0.3 is 0 Å². The highest BCUT2D eigenvalue weighted by atomic mass is 14.9. The predicted molar refractivity (Wildman–Crippen MR) is 73.0 cm³/mol. The van der Waals surface area contributed by atoms with Crippen LogP contribution >= 0.6 is 0 Å². The van der Waals surface area contributed by atoms with Crippen LogP contribution in [0, 0.1) is 17.2 Å². The van der Waals surface area contributed by atoms with Crippen LogP contribution in [-0.2, 0) is 0 Å².